The molecule has 0 aliphatic heterocycles. The maximum absolute atomic E-state index is 4.45. The van der Waals surface area contributed by atoms with Crippen LogP contribution >= 0.6 is 12.6 Å². The molecule has 0 radical (unpaired) electrons. The van der Waals surface area contributed by atoms with Crippen LogP contribution in [0.15, 0.2) is 85.0 Å². The number of hydrogen-bond donors (Lipinski definition) is 1. The minimum Gasteiger partial charge on any atom is -0.143 e. The van der Waals surface area contributed by atoms with Gasteiger partial charge in [-0.3, -0.25) is 0 Å². The SMILES string of the molecule is C=C(C)/C=C\C(=C)/C=C/C=C(\S)c1ccccc1. The summed E-state index contributed by atoms with van der Waals surface area (Å²) in [6.07, 6.45) is 9.72. The molecule has 0 saturated carbocycles. The third kappa shape index (κ3) is 5.55. The smallest absolute Gasteiger partial charge is 0.0113 e. The molecular formula is C17H18S. The van der Waals surface area contributed by atoms with E-state index in [4.69, 9.17) is 0 Å². The summed E-state index contributed by atoms with van der Waals surface area (Å²) in [4.78, 5) is 0.934. The predicted octanol–water partition coefficient (Wildman–Crippen LogP) is 5.20. The summed E-state index contributed by atoms with van der Waals surface area (Å²) < 4.78 is 0. The van der Waals surface area contributed by atoms with Crippen LogP contribution in [0.25, 0.3) is 4.91 Å². The van der Waals surface area contributed by atoms with Crippen LogP contribution in [-0.2, 0) is 0 Å². The van der Waals surface area contributed by atoms with Crippen molar-refractivity contribution in [3.63, 3.8) is 0 Å². The first-order chi connectivity index (χ1) is 8.59. The van der Waals surface area contributed by atoms with Crippen molar-refractivity contribution in [1.82, 2.24) is 0 Å². The molecule has 1 heteroatoms. The van der Waals surface area contributed by atoms with E-state index in [0.717, 1.165) is 21.6 Å². The molecule has 18 heavy (non-hydrogen) atoms. The molecule has 0 unspecified atom stereocenters. The van der Waals surface area contributed by atoms with Crippen molar-refractivity contribution >= 4 is 17.5 Å². The van der Waals surface area contributed by atoms with E-state index in [-0.39, 0.29) is 0 Å². The van der Waals surface area contributed by atoms with Gasteiger partial charge in [0.05, 0.1) is 0 Å². The highest BCUT2D eigenvalue weighted by atomic mass is 32.1. The number of rotatable bonds is 5. The van der Waals surface area contributed by atoms with Crippen LogP contribution in [0.4, 0.5) is 0 Å². The zero-order chi connectivity index (χ0) is 13.4. The third-order valence-electron chi connectivity index (χ3n) is 2.22. The molecule has 0 spiro atoms. The summed E-state index contributed by atoms with van der Waals surface area (Å²) in [5, 5.41) is 0. The molecule has 0 N–H and O–H groups in total. The molecule has 0 aliphatic carbocycles. The van der Waals surface area contributed by atoms with E-state index >= 15 is 0 Å². The quantitative estimate of drug-likeness (QED) is 0.541. The molecule has 0 atom stereocenters. The first-order valence-corrected chi connectivity index (χ1v) is 6.19. The number of allylic oxidation sites excluding steroid dienone is 7. The highest BCUT2D eigenvalue weighted by molar-refractivity contribution is 7.90. The van der Waals surface area contributed by atoms with Crippen LogP contribution in [0.2, 0.25) is 0 Å². The van der Waals surface area contributed by atoms with Gasteiger partial charge in [0.2, 0.25) is 0 Å². The topological polar surface area (TPSA) is 0 Å². The van der Waals surface area contributed by atoms with E-state index < -0.39 is 0 Å². The minimum absolute atomic E-state index is 0.934. The zero-order valence-corrected chi connectivity index (χ0v) is 11.5. The van der Waals surface area contributed by atoms with Crippen LogP contribution in [0.3, 0.4) is 0 Å². The lowest BCUT2D eigenvalue weighted by molar-refractivity contribution is 1.55. The number of hydrogen-bond acceptors (Lipinski definition) is 1. The molecule has 0 saturated heterocycles. The Morgan fingerprint density at radius 2 is 1.72 bits per heavy atom. The van der Waals surface area contributed by atoms with Gasteiger partial charge in [0.15, 0.2) is 0 Å². The maximum Gasteiger partial charge on any atom is 0.0113 e. The summed E-state index contributed by atoms with van der Waals surface area (Å²) in [5.74, 6) is 0. The Balaban J connectivity index is 2.64. The summed E-state index contributed by atoms with van der Waals surface area (Å²) in [7, 11) is 0. The van der Waals surface area contributed by atoms with Gasteiger partial charge in [-0.2, -0.15) is 0 Å². The molecule has 0 amide bonds. The normalized spacial score (nSPS) is 12.2. The fraction of sp³-hybridized carbons (Fsp3) is 0.0588. The lowest BCUT2D eigenvalue weighted by atomic mass is 10.2. The van der Waals surface area contributed by atoms with Gasteiger partial charge in [-0.15, -0.1) is 12.6 Å². The summed E-state index contributed by atoms with van der Waals surface area (Å²) in [6.45, 7) is 9.68. The van der Waals surface area contributed by atoms with Gasteiger partial charge in [0.1, 0.15) is 0 Å². The summed E-state index contributed by atoms with van der Waals surface area (Å²) in [6, 6.07) is 10.0. The highest BCUT2D eigenvalue weighted by Crippen LogP contribution is 2.17. The van der Waals surface area contributed by atoms with Gasteiger partial charge in [-0.25, -0.2) is 0 Å². The van der Waals surface area contributed by atoms with E-state index in [1.807, 2.05) is 67.6 Å². The predicted molar refractivity (Wildman–Crippen MR) is 85.6 cm³/mol. The van der Waals surface area contributed by atoms with Crippen LogP contribution in [-0.4, -0.2) is 0 Å². The van der Waals surface area contributed by atoms with Gasteiger partial charge >= 0.3 is 0 Å². The first-order valence-electron chi connectivity index (χ1n) is 5.75. The Morgan fingerprint density at radius 3 is 2.33 bits per heavy atom. The number of thiol groups is 1. The second kappa shape index (κ2) is 7.57. The Bertz CT molecular complexity index is 502. The van der Waals surface area contributed by atoms with Crippen molar-refractivity contribution in [3.05, 3.63) is 90.6 Å². The molecule has 0 nitrogen and oxygen atoms in total. The molecule has 0 fully saturated rings. The van der Waals surface area contributed by atoms with Gasteiger partial charge in [-0.05, 0) is 24.1 Å². The Hall–Kier alpha value is -1.73. The molecule has 0 aromatic heterocycles. The highest BCUT2D eigenvalue weighted by Gasteiger charge is 1.91. The molecule has 0 heterocycles. The minimum atomic E-state index is 0.934. The van der Waals surface area contributed by atoms with E-state index in [2.05, 4.69) is 25.8 Å². The Morgan fingerprint density at radius 1 is 1.06 bits per heavy atom. The molecule has 1 aromatic rings. The molecule has 0 bridgehead atoms. The monoisotopic (exact) mass is 254 g/mol. The average Bonchev–Trinajstić information content (AvgIpc) is 2.37. The molecule has 1 aromatic carbocycles. The molecule has 1 rings (SSSR count). The van der Waals surface area contributed by atoms with Crippen molar-refractivity contribution in [2.75, 3.05) is 0 Å². The third-order valence-corrected chi connectivity index (χ3v) is 2.62. The summed E-state index contributed by atoms with van der Waals surface area (Å²) >= 11 is 4.45. The standard InChI is InChI=1S/C17H18S/c1-14(2)12-13-15(3)8-7-11-17(18)16-9-5-4-6-10-16/h4-13,18H,1,3H2,2H3/b8-7+,13-12-,17-11-. The largest absolute Gasteiger partial charge is 0.143 e. The summed E-state index contributed by atoms with van der Waals surface area (Å²) in [5.41, 5.74) is 3.05. The molecular weight excluding hydrogens is 236 g/mol. The van der Waals surface area contributed by atoms with Gasteiger partial charge in [-0.1, -0.05) is 73.4 Å². The maximum atomic E-state index is 4.45. The van der Waals surface area contributed by atoms with Gasteiger partial charge in [0, 0.05) is 4.91 Å². The van der Waals surface area contributed by atoms with Gasteiger partial charge < -0.3 is 0 Å². The lowest BCUT2D eigenvalue weighted by Crippen LogP contribution is -1.74. The lowest BCUT2D eigenvalue weighted by Gasteiger charge is -1.97. The van der Waals surface area contributed by atoms with Crippen LogP contribution < -0.4 is 0 Å². The fourth-order valence-corrected chi connectivity index (χ4v) is 1.51. The van der Waals surface area contributed by atoms with E-state index in [0.29, 0.717) is 0 Å². The van der Waals surface area contributed by atoms with Crippen molar-refractivity contribution in [1.29, 1.82) is 0 Å². The Kier molecular flexibility index (Phi) is 6.03. The van der Waals surface area contributed by atoms with E-state index in [9.17, 15) is 0 Å². The second-order valence-corrected chi connectivity index (χ2v) is 4.51. The molecule has 0 aliphatic rings. The van der Waals surface area contributed by atoms with Crippen molar-refractivity contribution < 1.29 is 0 Å². The van der Waals surface area contributed by atoms with E-state index in [1.54, 1.807) is 0 Å². The first kappa shape index (κ1) is 14.3. The van der Waals surface area contributed by atoms with Gasteiger partial charge in [0.25, 0.3) is 0 Å². The second-order valence-electron chi connectivity index (χ2n) is 4.03. The fourth-order valence-electron chi connectivity index (χ4n) is 1.27. The van der Waals surface area contributed by atoms with Crippen molar-refractivity contribution in [2.45, 2.75) is 6.92 Å². The van der Waals surface area contributed by atoms with Crippen molar-refractivity contribution in [2.24, 2.45) is 0 Å². The van der Waals surface area contributed by atoms with Crippen LogP contribution in [0.1, 0.15) is 12.5 Å². The number of benzene rings is 1. The van der Waals surface area contributed by atoms with Crippen molar-refractivity contribution in [3.8, 4) is 0 Å². The zero-order valence-electron chi connectivity index (χ0n) is 10.6. The van der Waals surface area contributed by atoms with Crippen LogP contribution in [0, 0.1) is 0 Å². The van der Waals surface area contributed by atoms with Crippen LogP contribution in [0.5, 0.6) is 0 Å². The average molecular weight is 254 g/mol. The van der Waals surface area contributed by atoms with E-state index in [1.165, 1.54) is 0 Å². The Labute approximate surface area is 115 Å². The molecule has 92 valence electrons.